The number of tetrazole rings is 1. The molecule has 1 aliphatic rings. The molecule has 2 heterocycles. The number of nitrogens with zero attached hydrogens (tertiary/aromatic N) is 7. The van der Waals surface area contributed by atoms with Gasteiger partial charge in [0.25, 0.3) is 0 Å². The normalized spacial score (nSPS) is 15.9. The Morgan fingerprint density at radius 1 is 1.53 bits per heavy atom. The van der Waals surface area contributed by atoms with Gasteiger partial charge >= 0.3 is 0 Å². The van der Waals surface area contributed by atoms with Crippen molar-refractivity contribution in [3.8, 4) is 0 Å². The maximum Gasteiger partial charge on any atom is 0.200 e. The molecule has 100 valence electrons. The van der Waals surface area contributed by atoms with Crippen molar-refractivity contribution in [2.45, 2.75) is 25.3 Å². The molecule has 0 radical (unpaired) electrons. The topological polar surface area (TPSA) is 118 Å². The molecule has 0 aliphatic heterocycles. The van der Waals surface area contributed by atoms with Crippen LogP contribution in [0.3, 0.4) is 0 Å². The summed E-state index contributed by atoms with van der Waals surface area (Å²) in [4.78, 5) is 2.14. The van der Waals surface area contributed by atoms with Gasteiger partial charge in [-0.2, -0.15) is 0 Å². The van der Waals surface area contributed by atoms with Gasteiger partial charge in [0.05, 0.1) is 0 Å². The fourth-order valence-electron chi connectivity index (χ4n) is 1.95. The average Bonchev–Trinajstić information content (AvgIpc) is 3.15. The molecule has 1 aliphatic carbocycles. The Morgan fingerprint density at radius 2 is 2.37 bits per heavy atom. The minimum atomic E-state index is 0.217. The second kappa shape index (κ2) is 4.67. The summed E-state index contributed by atoms with van der Waals surface area (Å²) >= 11 is 0. The highest BCUT2D eigenvalue weighted by molar-refractivity contribution is 5.80. The van der Waals surface area contributed by atoms with Crippen molar-refractivity contribution in [1.82, 2.24) is 25.3 Å². The lowest BCUT2D eigenvalue weighted by Crippen LogP contribution is -2.31. The molecule has 0 saturated heterocycles. The SMILES string of the molecule is NC(CCN(c1ccc2nnnn2n1)C1CC1)=NO. The molecule has 0 bridgehead atoms. The standard InChI is InChI=1S/C10H14N8O/c11-8(14-19)5-6-17(7-1-2-7)10-4-3-9-12-15-16-18(9)13-10/h3-4,7,19H,1-2,5-6H2,(H2,11,14). The van der Waals surface area contributed by atoms with Gasteiger partial charge < -0.3 is 15.8 Å². The van der Waals surface area contributed by atoms with E-state index in [9.17, 15) is 0 Å². The van der Waals surface area contributed by atoms with Crippen LogP contribution in [0.4, 0.5) is 5.82 Å². The Kier molecular flexibility index (Phi) is 2.86. The lowest BCUT2D eigenvalue weighted by Gasteiger charge is -2.22. The van der Waals surface area contributed by atoms with Gasteiger partial charge in [0.15, 0.2) is 11.5 Å². The molecule has 0 spiro atoms. The summed E-state index contributed by atoms with van der Waals surface area (Å²) < 4.78 is 1.40. The van der Waals surface area contributed by atoms with Crippen LogP contribution in [0, 0.1) is 0 Å². The van der Waals surface area contributed by atoms with E-state index in [-0.39, 0.29) is 5.84 Å². The van der Waals surface area contributed by atoms with Gasteiger partial charge in [0, 0.05) is 19.0 Å². The number of anilines is 1. The predicted octanol–water partition coefficient (Wildman–Crippen LogP) is -0.375. The Morgan fingerprint density at radius 3 is 3.11 bits per heavy atom. The van der Waals surface area contributed by atoms with Crippen molar-refractivity contribution in [2.75, 3.05) is 11.4 Å². The van der Waals surface area contributed by atoms with E-state index in [1.807, 2.05) is 12.1 Å². The van der Waals surface area contributed by atoms with E-state index in [2.05, 4.69) is 30.7 Å². The van der Waals surface area contributed by atoms with Gasteiger partial charge in [-0.3, -0.25) is 0 Å². The van der Waals surface area contributed by atoms with Crippen LogP contribution in [0.25, 0.3) is 5.65 Å². The maximum absolute atomic E-state index is 8.58. The van der Waals surface area contributed by atoms with E-state index in [4.69, 9.17) is 10.9 Å². The highest BCUT2D eigenvalue weighted by Gasteiger charge is 2.30. The number of rotatable bonds is 5. The van der Waals surface area contributed by atoms with Crippen LogP contribution in [-0.2, 0) is 0 Å². The highest BCUT2D eigenvalue weighted by Crippen LogP contribution is 2.30. The summed E-state index contributed by atoms with van der Waals surface area (Å²) in [5.41, 5.74) is 6.12. The number of amidine groups is 1. The fourth-order valence-corrected chi connectivity index (χ4v) is 1.95. The lowest BCUT2D eigenvalue weighted by atomic mass is 10.3. The van der Waals surface area contributed by atoms with Crippen LogP contribution >= 0.6 is 0 Å². The molecule has 1 fully saturated rings. The Bertz CT molecular complexity index is 604. The predicted molar refractivity (Wildman–Crippen MR) is 67.0 cm³/mol. The summed E-state index contributed by atoms with van der Waals surface area (Å²) in [6, 6.07) is 4.17. The van der Waals surface area contributed by atoms with E-state index in [0.717, 1.165) is 18.7 Å². The van der Waals surface area contributed by atoms with Gasteiger partial charge in [-0.05, 0) is 35.4 Å². The van der Waals surface area contributed by atoms with Crippen LogP contribution in [0.1, 0.15) is 19.3 Å². The summed E-state index contributed by atoms with van der Waals surface area (Å²) in [6.07, 6.45) is 2.75. The highest BCUT2D eigenvalue weighted by atomic mass is 16.4. The largest absolute Gasteiger partial charge is 0.409 e. The second-order valence-corrected chi connectivity index (χ2v) is 4.48. The van der Waals surface area contributed by atoms with E-state index in [1.54, 1.807) is 0 Å². The molecule has 0 amide bonds. The number of aromatic nitrogens is 5. The molecular formula is C10H14N8O. The van der Waals surface area contributed by atoms with E-state index in [1.165, 1.54) is 4.63 Å². The van der Waals surface area contributed by atoms with Crippen molar-refractivity contribution >= 4 is 17.3 Å². The van der Waals surface area contributed by atoms with Gasteiger partial charge in [0.1, 0.15) is 5.84 Å². The zero-order valence-electron chi connectivity index (χ0n) is 10.2. The third kappa shape index (κ3) is 2.39. The quantitative estimate of drug-likeness (QED) is 0.326. The summed E-state index contributed by atoms with van der Waals surface area (Å²) in [7, 11) is 0. The maximum atomic E-state index is 8.58. The molecule has 0 aromatic carbocycles. The first-order chi connectivity index (χ1) is 9.28. The minimum Gasteiger partial charge on any atom is -0.409 e. The molecule has 3 N–H and O–H groups in total. The Balaban J connectivity index is 1.82. The van der Waals surface area contributed by atoms with E-state index >= 15 is 0 Å². The number of oxime groups is 1. The van der Waals surface area contributed by atoms with Gasteiger partial charge in [-0.1, -0.05) is 5.16 Å². The number of hydrogen-bond donors (Lipinski definition) is 2. The molecule has 3 rings (SSSR count). The Hall–Kier alpha value is -2.45. The van der Waals surface area contributed by atoms with Crippen LogP contribution in [0.2, 0.25) is 0 Å². The van der Waals surface area contributed by atoms with Gasteiger partial charge in [0.2, 0.25) is 0 Å². The molecule has 19 heavy (non-hydrogen) atoms. The third-order valence-corrected chi connectivity index (χ3v) is 3.07. The van der Waals surface area contributed by atoms with E-state index in [0.29, 0.717) is 24.7 Å². The number of nitrogens with two attached hydrogens (primary N) is 1. The van der Waals surface area contributed by atoms with E-state index < -0.39 is 0 Å². The van der Waals surface area contributed by atoms with Gasteiger partial charge in [-0.15, -0.1) is 14.8 Å². The van der Waals surface area contributed by atoms with Crippen molar-refractivity contribution in [2.24, 2.45) is 10.9 Å². The van der Waals surface area contributed by atoms with Crippen molar-refractivity contribution in [1.29, 1.82) is 0 Å². The molecule has 9 nitrogen and oxygen atoms in total. The average molecular weight is 262 g/mol. The molecular weight excluding hydrogens is 248 g/mol. The van der Waals surface area contributed by atoms with Gasteiger partial charge in [-0.25, -0.2) is 0 Å². The summed E-state index contributed by atoms with van der Waals surface area (Å²) in [5.74, 6) is 1.02. The molecule has 0 atom stereocenters. The van der Waals surface area contributed by atoms with Crippen molar-refractivity contribution in [3.05, 3.63) is 12.1 Å². The molecule has 0 unspecified atom stereocenters. The van der Waals surface area contributed by atoms with Crippen LogP contribution < -0.4 is 10.6 Å². The summed E-state index contributed by atoms with van der Waals surface area (Å²) in [5, 5.41) is 27.1. The smallest absolute Gasteiger partial charge is 0.200 e. The monoisotopic (exact) mass is 262 g/mol. The first kappa shape index (κ1) is 11.6. The van der Waals surface area contributed by atoms with Crippen molar-refractivity contribution < 1.29 is 5.21 Å². The van der Waals surface area contributed by atoms with Crippen LogP contribution in [-0.4, -0.2) is 48.9 Å². The minimum absolute atomic E-state index is 0.217. The molecule has 2 aromatic heterocycles. The fraction of sp³-hybridized carbons (Fsp3) is 0.500. The zero-order chi connectivity index (χ0) is 13.2. The van der Waals surface area contributed by atoms with Crippen LogP contribution in [0.5, 0.6) is 0 Å². The summed E-state index contributed by atoms with van der Waals surface area (Å²) in [6.45, 7) is 0.654. The lowest BCUT2D eigenvalue weighted by molar-refractivity contribution is 0.317. The Labute approximate surface area is 108 Å². The number of fused-ring (bicyclic) bond motifs is 1. The molecule has 1 saturated carbocycles. The third-order valence-electron chi connectivity index (χ3n) is 3.07. The van der Waals surface area contributed by atoms with Crippen molar-refractivity contribution in [3.63, 3.8) is 0 Å². The first-order valence-electron chi connectivity index (χ1n) is 6.06. The molecule has 2 aromatic rings. The van der Waals surface area contributed by atoms with Crippen LogP contribution in [0.15, 0.2) is 17.3 Å². The first-order valence-corrected chi connectivity index (χ1v) is 6.06. The number of hydrogen-bond acceptors (Lipinski definition) is 7. The zero-order valence-corrected chi connectivity index (χ0v) is 10.2. The second-order valence-electron chi connectivity index (χ2n) is 4.48. The molecule has 9 heteroatoms.